The lowest BCUT2D eigenvalue weighted by Gasteiger charge is -2.15. The van der Waals surface area contributed by atoms with Crippen LogP contribution in [0.5, 0.6) is 0 Å². The second-order valence-electron chi connectivity index (χ2n) is 5.31. The fraction of sp³-hybridized carbons (Fsp3) is 0.500. The molecule has 0 amide bonds. The van der Waals surface area contributed by atoms with E-state index in [1.165, 1.54) is 32.3 Å². The highest BCUT2D eigenvalue weighted by atomic mass is 16.6. The van der Waals surface area contributed by atoms with Crippen molar-refractivity contribution in [3.05, 3.63) is 39.4 Å². The van der Waals surface area contributed by atoms with Crippen LogP contribution in [-0.2, 0) is 0 Å². The maximum absolute atomic E-state index is 10.9. The van der Waals surface area contributed by atoms with Crippen molar-refractivity contribution in [2.24, 2.45) is 5.92 Å². The fourth-order valence-electron chi connectivity index (χ4n) is 2.57. The molecule has 1 fully saturated rings. The van der Waals surface area contributed by atoms with Gasteiger partial charge in [-0.1, -0.05) is 31.1 Å². The Bertz CT molecular complexity index is 549. The molecule has 0 aliphatic heterocycles. The Morgan fingerprint density at radius 3 is 2.65 bits per heavy atom. The highest BCUT2D eigenvalue weighted by molar-refractivity contribution is 5.48. The van der Waals surface area contributed by atoms with Crippen LogP contribution in [0.4, 0.5) is 5.69 Å². The molecule has 1 unspecified atom stereocenters. The summed E-state index contributed by atoms with van der Waals surface area (Å²) in [7, 11) is 0. The zero-order chi connectivity index (χ0) is 14.5. The summed E-state index contributed by atoms with van der Waals surface area (Å²) in [4.78, 5) is 10.4. The maximum Gasteiger partial charge on any atom is 0.275 e. The van der Waals surface area contributed by atoms with Crippen LogP contribution in [0.15, 0.2) is 18.2 Å². The molecule has 2 rings (SSSR count). The molecule has 1 aromatic carbocycles. The maximum atomic E-state index is 10.9. The first-order valence-corrected chi connectivity index (χ1v) is 7.06. The van der Waals surface area contributed by atoms with Gasteiger partial charge in [0.2, 0.25) is 0 Å². The fourth-order valence-corrected chi connectivity index (χ4v) is 2.57. The quantitative estimate of drug-likeness (QED) is 0.509. The van der Waals surface area contributed by atoms with Crippen LogP contribution in [0, 0.1) is 27.9 Å². The van der Waals surface area contributed by atoms with Crippen molar-refractivity contribution in [1.29, 1.82) is 0 Å². The lowest BCUT2D eigenvalue weighted by atomic mass is 9.89. The second kappa shape index (κ2) is 6.53. The molecule has 1 atom stereocenters. The van der Waals surface area contributed by atoms with Gasteiger partial charge in [-0.15, -0.1) is 0 Å². The van der Waals surface area contributed by atoms with E-state index in [1.54, 1.807) is 12.1 Å². The van der Waals surface area contributed by atoms with Crippen LogP contribution in [-0.4, -0.2) is 10.0 Å². The van der Waals surface area contributed by atoms with Gasteiger partial charge in [0, 0.05) is 17.5 Å². The lowest BCUT2D eigenvalue weighted by molar-refractivity contribution is -0.386. The van der Waals surface area contributed by atoms with Gasteiger partial charge in [0.25, 0.3) is 5.69 Å². The first kappa shape index (κ1) is 14.5. The molecule has 1 aromatic rings. The van der Waals surface area contributed by atoms with Crippen molar-refractivity contribution in [3.8, 4) is 11.8 Å². The minimum absolute atomic E-state index is 0.0526. The van der Waals surface area contributed by atoms with Gasteiger partial charge in [-0.05, 0) is 31.9 Å². The summed E-state index contributed by atoms with van der Waals surface area (Å²) in [5.41, 5.74) is 1.01. The molecule has 0 spiro atoms. The smallest absolute Gasteiger partial charge is 0.275 e. The van der Waals surface area contributed by atoms with E-state index in [-0.39, 0.29) is 5.69 Å². The topological polar surface area (TPSA) is 63.4 Å². The van der Waals surface area contributed by atoms with E-state index in [0.29, 0.717) is 11.5 Å². The number of rotatable bonds is 2. The van der Waals surface area contributed by atoms with E-state index in [4.69, 9.17) is 0 Å². The van der Waals surface area contributed by atoms with Crippen LogP contribution >= 0.6 is 0 Å². The van der Waals surface area contributed by atoms with E-state index < -0.39 is 11.0 Å². The molecule has 1 saturated carbocycles. The molecule has 1 aliphatic carbocycles. The third-order valence-corrected chi connectivity index (χ3v) is 3.70. The molecule has 0 heterocycles. The van der Waals surface area contributed by atoms with Crippen molar-refractivity contribution >= 4 is 5.69 Å². The Balaban J connectivity index is 2.23. The first-order chi connectivity index (χ1) is 9.58. The van der Waals surface area contributed by atoms with Crippen molar-refractivity contribution in [3.63, 3.8) is 0 Å². The molecule has 0 radical (unpaired) electrons. The second-order valence-corrected chi connectivity index (χ2v) is 5.31. The van der Waals surface area contributed by atoms with Crippen molar-refractivity contribution in [2.45, 2.75) is 45.1 Å². The van der Waals surface area contributed by atoms with E-state index in [1.807, 2.05) is 0 Å². The van der Waals surface area contributed by atoms with Crippen LogP contribution < -0.4 is 0 Å². The number of aliphatic hydroxyl groups is 1. The third kappa shape index (κ3) is 3.58. The van der Waals surface area contributed by atoms with Crippen LogP contribution in [0.25, 0.3) is 0 Å². The Labute approximate surface area is 119 Å². The number of aliphatic hydroxyl groups excluding tert-OH is 1. The van der Waals surface area contributed by atoms with Crippen molar-refractivity contribution < 1.29 is 10.0 Å². The molecule has 4 heteroatoms. The normalized spacial score (nSPS) is 17.1. The molecular weight excluding hydrogens is 254 g/mol. The summed E-state index contributed by atoms with van der Waals surface area (Å²) in [6, 6.07) is 4.70. The van der Waals surface area contributed by atoms with Crippen LogP contribution in [0.2, 0.25) is 0 Å². The number of nitrogens with zero attached hydrogens (tertiary/aromatic N) is 1. The Morgan fingerprint density at radius 2 is 2.05 bits per heavy atom. The molecule has 1 N–H and O–H groups in total. The Kier molecular flexibility index (Phi) is 4.75. The molecule has 1 aliphatic rings. The third-order valence-electron chi connectivity index (χ3n) is 3.70. The minimum atomic E-state index is -0.869. The van der Waals surface area contributed by atoms with Crippen molar-refractivity contribution in [1.82, 2.24) is 0 Å². The summed E-state index contributed by atoms with van der Waals surface area (Å²) < 4.78 is 0. The SMILES string of the molecule is CC(O)c1cc(C#CC2CCCCC2)ccc1[N+](=O)[O-]. The van der Waals surface area contributed by atoms with Gasteiger partial charge < -0.3 is 5.11 Å². The standard InChI is InChI=1S/C16H19NO3/c1-12(18)15-11-14(9-10-16(15)17(19)20)8-7-13-5-3-2-4-6-13/h9-13,18H,2-6H2,1H3. The van der Waals surface area contributed by atoms with Gasteiger partial charge in [0.1, 0.15) is 0 Å². The zero-order valence-corrected chi connectivity index (χ0v) is 11.6. The lowest BCUT2D eigenvalue weighted by Crippen LogP contribution is -2.03. The van der Waals surface area contributed by atoms with E-state index >= 15 is 0 Å². The summed E-state index contributed by atoms with van der Waals surface area (Å²) in [5.74, 6) is 6.78. The molecule has 4 nitrogen and oxygen atoms in total. The highest BCUT2D eigenvalue weighted by Crippen LogP contribution is 2.26. The first-order valence-electron chi connectivity index (χ1n) is 7.06. The average Bonchev–Trinajstić information content (AvgIpc) is 2.45. The van der Waals surface area contributed by atoms with Gasteiger partial charge in [-0.25, -0.2) is 0 Å². The molecule has 0 aromatic heterocycles. The summed E-state index contributed by atoms with van der Waals surface area (Å²) in [6.07, 6.45) is 5.18. The monoisotopic (exact) mass is 273 g/mol. The van der Waals surface area contributed by atoms with Gasteiger partial charge in [0.15, 0.2) is 0 Å². The highest BCUT2D eigenvalue weighted by Gasteiger charge is 2.17. The van der Waals surface area contributed by atoms with E-state index in [0.717, 1.165) is 18.4 Å². The van der Waals surface area contributed by atoms with E-state index in [2.05, 4.69) is 11.8 Å². The van der Waals surface area contributed by atoms with Crippen molar-refractivity contribution in [2.75, 3.05) is 0 Å². The number of hydrogen-bond acceptors (Lipinski definition) is 3. The van der Waals surface area contributed by atoms with Crippen LogP contribution in [0.3, 0.4) is 0 Å². The number of nitro groups is 1. The number of nitro benzene ring substituents is 1. The molecule has 106 valence electrons. The predicted molar refractivity (Wildman–Crippen MR) is 77.2 cm³/mol. The van der Waals surface area contributed by atoms with Gasteiger partial charge >= 0.3 is 0 Å². The Hall–Kier alpha value is -1.86. The van der Waals surface area contributed by atoms with Crippen LogP contribution in [0.1, 0.15) is 56.3 Å². The molecule has 20 heavy (non-hydrogen) atoms. The summed E-state index contributed by atoms with van der Waals surface area (Å²) >= 11 is 0. The average molecular weight is 273 g/mol. The molecule has 0 saturated heterocycles. The summed E-state index contributed by atoms with van der Waals surface area (Å²) in [5, 5.41) is 20.5. The Morgan fingerprint density at radius 1 is 1.35 bits per heavy atom. The minimum Gasteiger partial charge on any atom is -0.388 e. The number of benzene rings is 1. The largest absolute Gasteiger partial charge is 0.388 e. The van der Waals surface area contributed by atoms with Gasteiger partial charge in [0.05, 0.1) is 16.6 Å². The van der Waals surface area contributed by atoms with Gasteiger partial charge in [-0.3, -0.25) is 10.1 Å². The predicted octanol–water partition coefficient (Wildman–Crippen LogP) is 3.58. The molecule has 0 bridgehead atoms. The summed E-state index contributed by atoms with van der Waals surface area (Å²) in [6.45, 7) is 1.53. The molecular formula is C16H19NO3. The zero-order valence-electron chi connectivity index (χ0n) is 11.6. The van der Waals surface area contributed by atoms with Gasteiger partial charge in [-0.2, -0.15) is 0 Å². The van der Waals surface area contributed by atoms with E-state index in [9.17, 15) is 15.2 Å². The number of hydrogen-bond donors (Lipinski definition) is 1.